The van der Waals surface area contributed by atoms with Crippen molar-refractivity contribution in [3.8, 4) is 0 Å². The average molecular weight is 309 g/mol. The molecule has 2 aromatic rings. The Morgan fingerprint density at radius 3 is 2.61 bits per heavy atom. The molecule has 1 atom stereocenters. The van der Waals surface area contributed by atoms with Crippen LogP contribution in [0.1, 0.15) is 24.2 Å². The van der Waals surface area contributed by atoms with Crippen molar-refractivity contribution in [2.24, 2.45) is 0 Å². The zero-order chi connectivity index (χ0) is 13.1. The van der Waals surface area contributed by atoms with Gasteiger partial charge in [-0.2, -0.15) is 0 Å². The van der Waals surface area contributed by atoms with E-state index in [4.69, 9.17) is 0 Å². The fourth-order valence-electron chi connectivity index (χ4n) is 1.82. The lowest BCUT2D eigenvalue weighted by molar-refractivity contribution is 0.600. The highest BCUT2D eigenvalue weighted by Crippen LogP contribution is 2.24. The minimum atomic E-state index is -0.194. The van der Waals surface area contributed by atoms with Crippen molar-refractivity contribution in [1.29, 1.82) is 0 Å². The quantitative estimate of drug-likeness (QED) is 0.847. The number of nitrogens with zero attached hydrogens (tertiary/aromatic N) is 1. The van der Waals surface area contributed by atoms with E-state index in [9.17, 15) is 4.39 Å². The molecule has 0 radical (unpaired) electrons. The fraction of sp³-hybridized carbons (Fsp3) is 0.214. The number of pyridine rings is 1. The summed E-state index contributed by atoms with van der Waals surface area (Å²) >= 11 is 3.32. The van der Waals surface area contributed by atoms with Crippen molar-refractivity contribution in [2.45, 2.75) is 19.9 Å². The van der Waals surface area contributed by atoms with Crippen LogP contribution in [0.4, 0.5) is 10.1 Å². The Morgan fingerprint density at radius 2 is 1.94 bits per heavy atom. The van der Waals surface area contributed by atoms with Crippen molar-refractivity contribution in [2.75, 3.05) is 5.32 Å². The number of rotatable bonds is 3. The fourth-order valence-corrected chi connectivity index (χ4v) is 2.22. The second-order valence-corrected chi connectivity index (χ2v) is 4.97. The van der Waals surface area contributed by atoms with Crippen molar-refractivity contribution in [3.63, 3.8) is 0 Å². The van der Waals surface area contributed by atoms with Gasteiger partial charge in [0.05, 0.1) is 17.4 Å². The van der Waals surface area contributed by atoms with Gasteiger partial charge >= 0.3 is 0 Å². The molecule has 0 aliphatic carbocycles. The molecule has 1 N–H and O–H groups in total. The highest BCUT2D eigenvalue weighted by molar-refractivity contribution is 9.10. The van der Waals surface area contributed by atoms with Crippen LogP contribution >= 0.6 is 15.9 Å². The van der Waals surface area contributed by atoms with E-state index in [2.05, 4.69) is 26.2 Å². The van der Waals surface area contributed by atoms with Crippen LogP contribution in [0.25, 0.3) is 0 Å². The largest absolute Gasteiger partial charge is 0.377 e. The van der Waals surface area contributed by atoms with Gasteiger partial charge in [0.1, 0.15) is 10.4 Å². The third-order valence-electron chi connectivity index (χ3n) is 2.80. The van der Waals surface area contributed by atoms with Gasteiger partial charge in [-0.05, 0) is 48.0 Å². The number of aromatic nitrogens is 1. The van der Waals surface area contributed by atoms with E-state index >= 15 is 0 Å². The molecule has 0 saturated carbocycles. The number of anilines is 1. The van der Waals surface area contributed by atoms with E-state index in [1.807, 2.05) is 32.0 Å². The smallest absolute Gasteiger partial charge is 0.128 e. The summed E-state index contributed by atoms with van der Waals surface area (Å²) in [5, 5.41) is 3.27. The van der Waals surface area contributed by atoms with Gasteiger partial charge in [0, 0.05) is 5.56 Å². The second-order valence-electron chi connectivity index (χ2n) is 4.15. The number of benzene rings is 1. The third kappa shape index (κ3) is 2.88. The monoisotopic (exact) mass is 308 g/mol. The molecule has 2 rings (SSSR count). The second kappa shape index (κ2) is 5.48. The molecule has 2 nitrogen and oxygen atoms in total. The minimum absolute atomic E-state index is 0.104. The molecule has 0 bridgehead atoms. The Kier molecular flexibility index (Phi) is 3.97. The van der Waals surface area contributed by atoms with Crippen LogP contribution < -0.4 is 5.32 Å². The molecule has 4 heteroatoms. The molecule has 0 spiro atoms. The number of hydrogen-bond acceptors (Lipinski definition) is 2. The Hall–Kier alpha value is -1.42. The summed E-state index contributed by atoms with van der Waals surface area (Å²) in [7, 11) is 0. The number of hydrogen-bond donors (Lipinski definition) is 1. The maximum absolute atomic E-state index is 13.6. The van der Waals surface area contributed by atoms with Gasteiger partial charge in [-0.15, -0.1) is 0 Å². The molecular weight excluding hydrogens is 295 g/mol. The first-order valence-corrected chi connectivity index (χ1v) is 6.51. The van der Waals surface area contributed by atoms with Crippen LogP contribution in [0.15, 0.2) is 41.0 Å². The van der Waals surface area contributed by atoms with Crippen LogP contribution in [0.5, 0.6) is 0 Å². The van der Waals surface area contributed by atoms with Crippen molar-refractivity contribution in [1.82, 2.24) is 4.98 Å². The molecule has 0 amide bonds. The summed E-state index contributed by atoms with van der Waals surface area (Å²) in [6.07, 6.45) is 0. The standard InChI is InChI=1S/C14H14BrFN2/c1-9(11-5-3-4-6-12(11)16)17-13-7-8-14(15)18-10(13)2/h3-9,17H,1-2H3. The van der Waals surface area contributed by atoms with E-state index in [-0.39, 0.29) is 11.9 Å². The maximum atomic E-state index is 13.6. The molecule has 94 valence electrons. The van der Waals surface area contributed by atoms with Gasteiger partial charge < -0.3 is 5.32 Å². The molecule has 0 aliphatic rings. The SMILES string of the molecule is Cc1nc(Br)ccc1NC(C)c1ccccc1F. The van der Waals surface area contributed by atoms with Crippen molar-refractivity contribution >= 4 is 21.6 Å². The highest BCUT2D eigenvalue weighted by atomic mass is 79.9. The molecule has 1 aromatic carbocycles. The molecule has 18 heavy (non-hydrogen) atoms. The highest BCUT2D eigenvalue weighted by Gasteiger charge is 2.11. The zero-order valence-electron chi connectivity index (χ0n) is 10.2. The first kappa shape index (κ1) is 13.0. The lowest BCUT2D eigenvalue weighted by atomic mass is 10.1. The first-order chi connectivity index (χ1) is 8.58. The van der Waals surface area contributed by atoms with Gasteiger partial charge in [0.2, 0.25) is 0 Å². The van der Waals surface area contributed by atoms with Gasteiger partial charge in [0.15, 0.2) is 0 Å². The maximum Gasteiger partial charge on any atom is 0.128 e. The summed E-state index contributed by atoms with van der Waals surface area (Å²) < 4.78 is 14.4. The zero-order valence-corrected chi connectivity index (χ0v) is 11.8. The third-order valence-corrected chi connectivity index (χ3v) is 3.24. The van der Waals surface area contributed by atoms with E-state index < -0.39 is 0 Å². The topological polar surface area (TPSA) is 24.9 Å². The molecule has 0 saturated heterocycles. The molecule has 1 aromatic heterocycles. The van der Waals surface area contributed by atoms with Gasteiger partial charge in [0.25, 0.3) is 0 Å². The Bertz CT molecular complexity index is 557. The summed E-state index contributed by atoms with van der Waals surface area (Å²) in [5.41, 5.74) is 2.45. The van der Waals surface area contributed by atoms with Crippen molar-refractivity contribution in [3.05, 3.63) is 58.1 Å². The van der Waals surface area contributed by atoms with Gasteiger partial charge in [-0.1, -0.05) is 18.2 Å². The van der Waals surface area contributed by atoms with Crippen LogP contribution in [0.2, 0.25) is 0 Å². The van der Waals surface area contributed by atoms with E-state index in [0.29, 0.717) is 5.56 Å². The summed E-state index contributed by atoms with van der Waals surface area (Å²) in [4.78, 5) is 4.30. The van der Waals surface area contributed by atoms with Crippen LogP contribution in [-0.2, 0) is 0 Å². The lowest BCUT2D eigenvalue weighted by Crippen LogP contribution is -2.10. The van der Waals surface area contributed by atoms with E-state index in [0.717, 1.165) is 16.0 Å². The van der Waals surface area contributed by atoms with E-state index in [1.54, 1.807) is 12.1 Å². The molecule has 0 fully saturated rings. The molecule has 1 heterocycles. The normalized spacial score (nSPS) is 12.2. The van der Waals surface area contributed by atoms with Crippen LogP contribution in [0, 0.1) is 12.7 Å². The van der Waals surface area contributed by atoms with E-state index in [1.165, 1.54) is 6.07 Å². The van der Waals surface area contributed by atoms with Gasteiger partial charge in [-0.3, -0.25) is 0 Å². The first-order valence-electron chi connectivity index (χ1n) is 5.72. The predicted octanol–water partition coefficient (Wildman–Crippen LogP) is 4.46. The predicted molar refractivity (Wildman–Crippen MR) is 75.1 cm³/mol. The van der Waals surface area contributed by atoms with Crippen LogP contribution in [0.3, 0.4) is 0 Å². The van der Waals surface area contributed by atoms with Crippen molar-refractivity contribution < 1.29 is 4.39 Å². The molecule has 0 aliphatic heterocycles. The number of aryl methyl sites for hydroxylation is 1. The summed E-state index contributed by atoms with van der Waals surface area (Å²) in [6.45, 7) is 3.85. The van der Waals surface area contributed by atoms with Gasteiger partial charge in [-0.25, -0.2) is 9.37 Å². The van der Waals surface area contributed by atoms with Crippen LogP contribution in [-0.4, -0.2) is 4.98 Å². The number of halogens is 2. The number of nitrogens with one attached hydrogen (secondary N) is 1. The summed E-state index contributed by atoms with van der Waals surface area (Å²) in [6, 6.07) is 10.5. The lowest BCUT2D eigenvalue weighted by Gasteiger charge is -2.17. The summed E-state index contributed by atoms with van der Waals surface area (Å²) in [5.74, 6) is -0.194. The molecule has 1 unspecified atom stereocenters. The Morgan fingerprint density at radius 1 is 1.22 bits per heavy atom. The average Bonchev–Trinajstić information content (AvgIpc) is 2.33. The Balaban J connectivity index is 2.21. The minimum Gasteiger partial charge on any atom is -0.377 e. The molecular formula is C14H14BrFN2. The Labute approximate surface area is 114 Å².